The smallest absolute Gasteiger partial charge is 0.316 e. The molecule has 1 aliphatic carbocycles. The Labute approximate surface area is 206 Å². The number of anilines is 1. The third-order valence-corrected chi connectivity index (χ3v) is 9.10. The average molecular weight is 509 g/mol. The Morgan fingerprint density at radius 3 is 2.35 bits per heavy atom. The third-order valence-electron chi connectivity index (χ3n) is 6.59. The number of hydrogen-bond donors (Lipinski definition) is 0. The molecule has 8 nitrogen and oxygen atoms in total. The van der Waals surface area contributed by atoms with Crippen LogP contribution in [-0.4, -0.2) is 60.0 Å². The van der Waals surface area contributed by atoms with Gasteiger partial charge in [-0.3, -0.25) is 4.79 Å². The van der Waals surface area contributed by atoms with Crippen molar-refractivity contribution in [1.82, 2.24) is 14.1 Å². The van der Waals surface area contributed by atoms with Crippen LogP contribution in [0.15, 0.2) is 35.3 Å². The molecule has 34 heavy (non-hydrogen) atoms. The van der Waals surface area contributed by atoms with E-state index in [0.717, 1.165) is 25.7 Å². The summed E-state index contributed by atoms with van der Waals surface area (Å²) in [4.78, 5) is 15.6. The second-order valence-corrected chi connectivity index (χ2v) is 12.2. The molecule has 1 saturated heterocycles. The molecule has 186 valence electrons. The predicted molar refractivity (Wildman–Crippen MR) is 135 cm³/mol. The number of hydrogen-bond acceptors (Lipinski definition) is 6. The van der Waals surface area contributed by atoms with E-state index in [1.54, 1.807) is 44.3 Å². The number of piperazine rings is 1. The van der Waals surface area contributed by atoms with Gasteiger partial charge in [-0.1, -0.05) is 30.5 Å². The summed E-state index contributed by atoms with van der Waals surface area (Å²) in [5.41, 5.74) is 0.859. The fraction of sp³-hybridized carbons (Fsp3) is 0.583. The van der Waals surface area contributed by atoms with Gasteiger partial charge in [0.15, 0.2) is 0 Å². The van der Waals surface area contributed by atoms with Gasteiger partial charge >= 0.3 is 5.56 Å². The average Bonchev–Trinajstić information content (AvgIpc) is 3.09. The maximum Gasteiger partial charge on any atom is 0.316 e. The highest BCUT2D eigenvalue weighted by atomic mass is 35.5. The van der Waals surface area contributed by atoms with Crippen molar-refractivity contribution in [1.29, 1.82) is 0 Å². The topological polar surface area (TPSA) is 84.7 Å². The molecule has 0 radical (unpaired) electrons. The molecule has 1 aromatic heterocycles. The number of nitrogens with zero attached hydrogens (tertiary/aromatic N) is 4. The third kappa shape index (κ3) is 5.42. The lowest BCUT2D eigenvalue weighted by Crippen LogP contribution is -2.50. The maximum atomic E-state index is 13.6. The van der Waals surface area contributed by atoms with E-state index in [1.165, 1.54) is 21.8 Å². The summed E-state index contributed by atoms with van der Waals surface area (Å²) in [6.07, 6.45) is 7.99. The molecule has 0 spiro atoms. The molecular formula is C24H33ClN4O4S. The standard InChI is InChI=1S/C24H33ClN4O4S/c1-18(2)34(31,32)28-14-12-27(13-15-28)22-17-26-29(20-9-7-8-19(25)16-20)24(30)23(22)33-21-10-5-3-4-6-11-21/h7-9,16-18,21H,3-6,10-15H2,1-2H3. The zero-order valence-electron chi connectivity index (χ0n) is 19.8. The van der Waals surface area contributed by atoms with Crippen molar-refractivity contribution in [2.75, 3.05) is 31.1 Å². The summed E-state index contributed by atoms with van der Waals surface area (Å²) in [5.74, 6) is 0.280. The molecule has 10 heteroatoms. The van der Waals surface area contributed by atoms with Crippen molar-refractivity contribution < 1.29 is 13.2 Å². The fourth-order valence-corrected chi connectivity index (χ4v) is 6.02. The van der Waals surface area contributed by atoms with Crippen molar-refractivity contribution >= 4 is 27.3 Å². The molecule has 0 atom stereocenters. The largest absolute Gasteiger partial charge is 0.483 e. The van der Waals surface area contributed by atoms with Gasteiger partial charge in [-0.05, 0) is 57.7 Å². The first-order chi connectivity index (χ1) is 16.3. The molecule has 0 unspecified atom stereocenters. The monoisotopic (exact) mass is 508 g/mol. The van der Waals surface area contributed by atoms with Gasteiger partial charge in [0, 0.05) is 31.2 Å². The summed E-state index contributed by atoms with van der Waals surface area (Å²) in [7, 11) is -3.32. The van der Waals surface area contributed by atoms with E-state index >= 15 is 0 Å². The van der Waals surface area contributed by atoms with E-state index in [-0.39, 0.29) is 17.4 Å². The quantitative estimate of drug-likeness (QED) is 0.551. The number of benzene rings is 1. The van der Waals surface area contributed by atoms with Crippen LogP contribution >= 0.6 is 11.6 Å². The Bertz CT molecular complexity index is 1150. The fourth-order valence-electron chi connectivity index (χ4n) is 4.57. The molecule has 1 aromatic carbocycles. The van der Waals surface area contributed by atoms with Gasteiger partial charge in [0.25, 0.3) is 0 Å². The molecular weight excluding hydrogens is 476 g/mol. The van der Waals surface area contributed by atoms with Crippen LogP contribution in [-0.2, 0) is 10.0 Å². The van der Waals surface area contributed by atoms with E-state index in [0.29, 0.717) is 42.6 Å². The Morgan fingerprint density at radius 1 is 1.06 bits per heavy atom. The molecule has 4 rings (SSSR count). The number of ether oxygens (including phenoxy) is 1. The Hall–Kier alpha value is -2.10. The second-order valence-electron chi connectivity index (χ2n) is 9.27. The first-order valence-corrected chi connectivity index (χ1v) is 13.9. The van der Waals surface area contributed by atoms with Gasteiger partial charge in [0.1, 0.15) is 5.69 Å². The van der Waals surface area contributed by atoms with Crippen LogP contribution in [0.3, 0.4) is 0 Å². The second kappa shape index (κ2) is 10.7. The summed E-state index contributed by atoms with van der Waals surface area (Å²) in [6, 6.07) is 7.00. The minimum Gasteiger partial charge on any atom is -0.483 e. The molecule has 1 aliphatic heterocycles. The maximum absolute atomic E-state index is 13.6. The van der Waals surface area contributed by atoms with Gasteiger partial charge in [0.2, 0.25) is 15.8 Å². The number of rotatable bonds is 6. The zero-order chi connectivity index (χ0) is 24.3. The van der Waals surface area contributed by atoms with Crippen LogP contribution in [0, 0.1) is 0 Å². The Morgan fingerprint density at radius 2 is 1.74 bits per heavy atom. The minimum absolute atomic E-state index is 0.0215. The van der Waals surface area contributed by atoms with Crippen LogP contribution < -0.4 is 15.2 Å². The van der Waals surface area contributed by atoms with Crippen LogP contribution in [0.25, 0.3) is 5.69 Å². The zero-order valence-corrected chi connectivity index (χ0v) is 21.4. The van der Waals surface area contributed by atoms with Crippen molar-refractivity contribution in [3.05, 3.63) is 45.8 Å². The first-order valence-electron chi connectivity index (χ1n) is 12.1. The van der Waals surface area contributed by atoms with Crippen LogP contribution in [0.2, 0.25) is 5.02 Å². The molecule has 2 aliphatic rings. The van der Waals surface area contributed by atoms with E-state index in [4.69, 9.17) is 16.3 Å². The molecule has 2 heterocycles. The molecule has 0 N–H and O–H groups in total. The van der Waals surface area contributed by atoms with Crippen LogP contribution in [0.5, 0.6) is 5.75 Å². The lowest BCUT2D eigenvalue weighted by atomic mass is 10.1. The minimum atomic E-state index is -3.32. The molecule has 0 bridgehead atoms. The van der Waals surface area contributed by atoms with E-state index in [2.05, 4.69) is 5.10 Å². The molecule has 2 fully saturated rings. The molecule has 0 amide bonds. The number of sulfonamides is 1. The summed E-state index contributed by atoms with van der Waals surface area (Å²) >= 11 is 6.15. The summed E-state index contributed by atoms with van der Waals surface area (Å²) in [5, 5.41) is 4.48. The highest BCUT2D eigenvalue weighted by Gasteiger charge is 2.31. The van der Waals surface area contributed by atoms with Gasteiger partial charge in [0.05, 0.1) is 23.2 Å². The molecule has 1 saturated carbocycles. The summed E-state index contributed by atoms with van der Waals surface area (Å²) < 4.78 is 34.4. The highest BCUT2D eigenvalue weighted by molar-refractivity contribution is 7.89. The highest BCUT2D eigenvalue weighted by Crippen LogP contribution is 2.30. The lowest BCUT2D eigenvalue weighted by Gasteiger charge is -2.36. The Balaban J connectivity index is 1.66. The van der Waals surface area contributed by atoms with Crippen molar-refractivity contribution in [2.24, 2.45) is 0 Å². The first kappa shape index (κ1) is 25.0. The van der Waals surface area contributed by atoms with Gasteiger partial charge < -0.3 is 9.64 Å². The van der Waals surface area contributed by atoms with Gasteiger partial charge in [-0.15, -0.1) is 0 Å². The Kier molecular flexibility index (Phi) is 7.84. The van der Waals surface area contributed by atoms with Crippen molar-refractivity contribution in [3.8, 4) is 11.4 Å². The van der Waals surface area contributed by atoms with E-state index in [9.17, 15) is 13.2 Å². The van der Waals surface area contributed by atoms with Gasteiger partial charge in [-0.2, -0.15) is 14.1 Å². The predicted octanol–water partition coefficient (Wildman–Crippen LogP) is 3.85. The van der Waals surface area contributed by atoms with Crippen molar-refractivity contribution in [2.45, 2.75) is 63.7 Å². The van der Waals surface area contributed by atoms with Crippen LogP contribution in [0.1, 0.15) is 52.4 Å². The number of aromatic nitrogens is 2. The summed E-state index contributed by atoms with van der Waals surface area (Å²) in [6.45, 7) is 5.05. The number of halogens is 1. The lowest BCUT2D eigenvalue weighted by molar-refractivity contribution is 0.180. The molecule has 2 aromatic rings. The normalized spacial score (nSPS) is 18.8. The van der Waals surface area contributed by atoms with Crippen molar-refractivity contribution in [3.63, 3.8) is 0 Å². The van der Waals surface area contributed by atoms with Gasteiger partial charge in [-0.25, -0.2) is 8.42 Å². The SMILES string of the molecule is CC(C)S(=O)(=O)N1CCN(c2cnn(-c3cccc(Cl)c3)c(=O)c2OC2CCCCCC2)CC1. The van der Waals surface area contributed by atoms with E-state index in [1.807, 2.05) is 4.90 Å². The van der Waals surface area contributed by atoms with E-state index < -0.39 is 15.3 Å². The van der Waals surface area contributed by atoms with Crippen LogP contribution in [0.4, 0.5) is 5.69 Å².